The molecule has 5 heteroatoms. The monoisotopic (exact) mass is 218 g/mol. The number of hydrogen-bond acceptors (Lipinski definition) is 3. The van der Waals surface area contributed by atoms with E-state index in [1.54, 1.807) is 0 Å². The first kappa shape index (κ1) is 10.5. The minimum atomic E-state index is 0.0320. The zero-order chi connectivity index (χ0) is 10.0. The van der Waals surface area contributed by atoms with Gasteiger partial charge in [0.15, 0.2) is 0 Å². The first-order valence-corrected chi connectivity index (χ1v) is 5.92. The third kappa shape index (κ3) is 1.86. The summed E-state index contributed by atoms with van der Waals surface area (Å²) >= 11 is 0.0320. The van der Waals surface area contributed by atoms with Crippen molar-refractivity contribution in [2.45, 2.75) is 18.9 Å². The Morgan fingerprint density at radius 2 is 2.21 bits per heavy atom. The van der Waals surface area contributed by atoms with E-state index < -0.39 is 0 Å². The molecule has 0 saturated carbocycles. The standard InChI is InChI=1S/C9H18N2O2S/c1-11-4-2-9(3-5-11)7-13-6-8(9)10-14-12/h8,14H,2-7H2,1H3,(H,10,12)/t8-/m1/s1. The van der Waals surface area contributed by atoms with Crippen LogP contribution < -0.4 is 4.72 Å². The molecule has 0 radical (unpaired) electrons. The molecule has 0 amide bonds. The molecule has 1 spiro atoms. The summed E-state index contributed by atoms with van der Waals surface area (Å²) in [5, 5.41) is 0. The van der Waals surface area contributed by atoms with Crippen LogP contribution in [0.25, 0.3) is 0 Å². The van der Waals surface area contributed by atoms with Gasteiger partial charge in [-0.3, -0.25) is 0 Å². The Morgan fingerprint density at radius 1 is 1.50 bits per heavy atom. The van der Waals surface area contributed by atoms with Crippen molar-refractivity contribution < 1.29 is 8.95 Å². The zero-order valence-electron chi connectivity index (χ0n) is 8.53. The highest BCUT2D eigenvalue weighted by Crippen LogP contribution is 2.38. The van der Waals surface area contributed by atoms with Gasteiger partial charge in [-0.15, -0.1) is 0 Å². The summed E-state index contributed by atoms with van der Waals surface area (Å²) in [5.74, 6) is 0. The molecule has 82 valence electrons. The highest BCUT2D eigenvalue weighted by Gasteiger charge is 2.45. The number of thiol groups is 1. The van der Waals surface area contributed by atoms with Gasteiger partial charge in [-0.1, -0.05) is 0 Å². The second kappa shape index (κ2) is 4.26. The van der Waals surface area contributed by atoms with Crippen LogP contribution >= 0.6 is 0 Å². The van der Waals surface area contributed by atoms with E-state index in [0.717, 1.165) is 32.5 Å². The first-order chi connectivity index (χ1) is 6.77. The average molecular weight is 218 g/mol. The third-order valence-electron chi connectivity index (χ3n) is 3.60. The van der Waals surface area contributed by atoms with Crippen molar-refractivity contribution in [3.63, 3.8) is 0 Å². The van der Waals surface area contributed by atoms with Crippen molar-refractivity contribution in [3.8, 4) is 0 Å². The largest absolute Gasteiger partial charge is 0.379 e. The fourth-order valence-electron chi connectivity index (χ4n) is 2.45. The van der Waals surface area contributed by atoms with Crippen LogP contribution in [0.15, 0.2) is 0 Å². The van der Waals surface area contributed by atoms with E-state index in [-0.39, 0.29) is 23.3 Å². The molecule has 2 aliphatic heterocycles. The average Bonchev–Trinajstić information content (AvgIpc) is 2.56. The van der Waals surface area contributed by atoms with Crippen molar-refractivity contribution in [2.75, 3.05) is 33.4 Å². The van der Waals surface area contributed by atoms with Gasteiger partial charge in [0.1, 0.15) is 0 Å². The summed E-state index contributed by atoms with van der Waals surface area (Å²) in [6.45, 7) is 3.78. The van der Waals surface area contributed by atoms with Gasteiger partial charge in [0, 0.05) is 5.41 Å². The molecule has 0 unspecified atom stereocenters. The summed E-state index contributed by atoms with van der Waals surface area (Å²) in [6, 6.07) is 0.273. The van der Waals surface area contributed by atoms with Gasteiger partial charge in [0.2, 0.25) is 0 Å². The molecular weight excluding hydrogens is 200 g/mol. The van der Waals surface area contributed by atoms with E-state index in [9.17, 15) is 4.21 Å². The fourth-order valence-corrected chi connectivity index (χ4v) is 2.93. The van der Waals surface area contributed by atoms with Gasteiger partial charge in [-0.2, -0.15) is 0 Å². The Hall–Kier alpha value is 0.0300. The Kier molecular flexibility index (Phi) is 3.21. The Balaban J connectivity index is 2.02. The van der Waals surface area contributed by atoms with Crippen LogP contribution in [0.5, 0.6) is 0 Å². The summed E-state index contributed by atoms with van der Waals surface area (Å²) in [6.07, 6.45) is 2.30. The highest BCUT2D eigenvalue weighted by atomic mass is 32.2. The zero-order valence-corrected chi connectivity index (χ0v) is 9.43. The van der Waals surface area contributed by atoms with Gasteiger partial charge in [0.05, 0.1) is 31.1 Å². The highest BCUT2D eigenvalue weighted by molar-refractivity contribution is 7.63. The molecule has 14 heavy (non-hydrogen) atoms. The third-order valence-corrected chi connectivity index (χ3v) is 4.02. The van der Waals surface area contributed by atoms with E-state index in [1.165, 1.54) is 0 Å². The molecule has 2 saturated heterocycles. The number of hydrogen-bond donors (Lipinski definition) is 2. The molecule has 2 fully saturated rings. The topological polar surface area (TPSA) is 41.6 Å². The molecule has 0 bridgehead atoms. The maximum Gasteiger partial charge on any atom is 0.0784 e. The molecule has 1 atom stereocenters. The number of nitrogens with zero attached hydrogens (tertiary/aromatic N) is 1. The summed E-state index contributed by atoms with van der Waals surface area (Å²) in [5.41, 5.74) is 0.240. The van der Waals surface area contributed by atoms with E-state index in [4.69, 9.17) is 4.74 Å². The SMILES string of the molecule is CN1CCC2(CC1)COC[C@H]2N[SH]=O. The maximum absolute atomic E-state index is 10.6. The maximum atomic E-state index is 10.6. The molecule has 4 nitrogen and oxygen atoms in total. The first-order valence-electron chi connectivity index (χ1n) is 5.11. The van der Waals surface area contributed by atoms with Crippen LogP contribution in [0.3, 0.4) is 0 Å². The second-order valence-electron chi connectivity index (χ2n) is 4.45. The summed E-state index contributed by atoms with van der Waals surface area (Å²) < 4.78 is 19.1. The van der Waals surface area contributed by atoms with Gasteiger partial charge < -0.3 is 9.64 Å². The van der Waals surface area contributed by atoms with Gasteiger partial charge in [0.25, 0.3) is 0 Å². The predicted octanol–water partition coefficient (Wildman–Crippen LogP) is -0.453. The predicted molar refractivity (Wildman–Crippen MR) is 56.4 cm³/mol. The van der Waals surface area contributed by atoms with Crippen LogP contribution in [-0.2, 0) is 16.6 Å². The van der Waals surface area contributed by atoms with Crippen LogP contribution in [0.4, 0.5) is 0 Å². The van der Waals surface area contributed by atoms with Crippen molar-refractivity contribution in [1.82, 2.24) is 9.62 Å². The van der Waals surface area contributed by atoms with Crippen LogP contribution in [0.2, 0.25) is 0 Å². The number of nitrogens with one attached hydrogen (secondary N) is 1. The van der Waals surface area contributed by atoms with Crippen molar-refractivity contribution in [2.24, 2.45) is 5.41 Å². The molecule has 0 aliphatic carbocycles. The summed E-state index contributed by atoms with van der Waals surface area (Å²) in [4.78, 5) is 2.34. The van der Waals surface area contributed by atoms with Crippen molar-refractivity contribution in [1.29, 1.82) is 0 Å². The minimum Gasteiger partial charge on any atom is -0.379 e. The van der Waals surface area contributed by atoms with E-state index >= 15 is 0 Å². The molecule has 0 aromatic carbocycles. The Morgan fingerprint density at radius 3 is 2.86 bits per heavy atom. The van der Waals surface area contributed by atoms with E-state index in [2.05, 4.69) is 16.7 Å². The van der Waals surface area contributed by atoms with Gasteiger partial charge in [-0.25, -0.2) is 8.93 Å². The molecule has 2 heterocycles. The molecule has 0 aromatic heterocycles. The smallest absolute Gasteiger partial charge is 0.0784 e. The van der Waals surface area contributed by atoms with Crippen molar-refractivity contribution in [3.05, 3.63) is 0 Å². The summed E-state index contributed by atoms with van der Waals surface area (Å²) in [7, 11) is 2.15. The number of rotatable bonds is 2. The van der Waals surface area contributed by atoms with Gasteiger partial charge >= 0.3 is 0 Å². The van der Waals surface area contributed by atoms with Crippen LogP contribution in [0, 0.1) is 5.41 Å². The lowest BCUT2D eigenvalue weighted by Crippen LogP contribution is -2.49. The van der Waals surface area contributed by atoms with Crippen LogP contribution in [-0.4, -0.2) is 48.5 Å². The lowest BCUT2D eigenvalue weighted by atomic mass is 9.75. The van der Waals surface area contributed by atoms with E-state index in [0.29, 0.717) is 6.61 Å². The lowest BCUT2D eigenvalue weighted by Gasteiger charge is -2.40. The number of ether oxygens (including phenoxy) is 1. The molecule has 0 aromatic rings. The van der Waals surface area contributed by atoms with Crippen molar-refractivity contribution >= 4 is 11.9 Å². The van der Waals surface area contributed by atoms with E-state index in [1.807, 2.05) is 0 Å². The fraction of sp³-hybridized carbons (Fsp3) is 1.00. The molecule has 2 aliphatic rings. The molecular formula is C9H18N2O2S. The lowest BCUT2D eigenvalue weighted by molar-refractivity contribution is 0.0857. The number of likely N-dealkylation sites (tertiary alicyclic amines) is 1. The second-order valence-corrected chi connectivity index (χ2v) is 4.89. The normalized spacial score (nSPS) is 32.5. The molecule has 1 N–H and O–H groups in total. The molecule has 2 rings (SSSR count). The Labute approximate surface area is 88.6 Å². The minimum absolute atomic E-state index is 0.0320. The quantitative estimate of drug-likeness (QED) is 0.617. The van der Waals surface area contributed by atoms with Gasteiger partial charge in [-0.05, 0) is 33.0 Å². The van der Waals surface area contributed by atoms with Crippen LogP contribution in [0.1, 0.15) is 12.8 Å². The Bertz CT molecular complexity index is 217. The number of piperidine rings is 1.